The van der Waals surface area contributed by atoms with Crippen LogP contribution in [0.15, 0.2) is 24.3 Å². The number of ether oxygens (including phenoxy) is 1. The van der Waals surface area contributed by atoms with Gasteiger partial charge in [0.25, 0.3) is 0 Å². The molecule has 0 aliphatic rings. The maximum Gasteiger partial charge on any atom is 0.134 e. The van der Waals surface area contributed by atoms with Crippen LogP contribution in [0.4, 0.5) is 4.39 Å². The van der Waals surface area contributed by atoms with Gasteiger partial charge in [-0.2, -0.15) is 0 Å². The molecule has 0 aliphatic heterocycles. The van der Waals surface area contributed by atoms with Crippen molar-refractivity contribution in [1.29, 1.82) is 5.41 Å². The van der Waals surface area contributed by atoms with Crippen molar-refractivity contribution < 1.29 is 9.13 Å². The first kappa shape index (κ1) is 15.5. The second-order valence-corrected chi connectivity index (χ2v) is 4.70. The molecule has 1 atom stereocenters. The topological polar surface area (TPSA) is 59.1 Å². The van der Waals surface area contributed by atoms with E-state index in [2.05, 4.69) is 6.92 Å². The molecule has 0 heterocycles. The lowest BCUT2D eigenvalue weighted by Gasteiger charge is -2.10. The average molecular weight is 266 g/mol. The summed E-state index contributed by atoms with van der Waals surface area (Å²) in [6.07, 6.45) is 3.98. The summed E-state index contributed by atoms with van der Waals surface area (Å²) in [7, 11) is 0. The molecule has 4 heteroatoms. The highest BCUT2D eigenvalue weighted by Gasteiger charge is 2.07. The minimum Gasteiger partial charge on any atom is -0.491 e. The molecule has 0 aliphatic carbocycles. The van der Waals surface area contributed by atoms with Crippen LogP contribution < -0.4 is 10.5 Å². The van der Waals surface area contributed by atoms with Crippen LogP contribution in [0.25, 0.3) is 0 Å². The number of hydrogen-bond acceptors (Lipinski definition) is 2. The first-order valence-electron chi connectivity index (χ1n) is 6.84. The van der Waals surface area contributed by atoms with E-state index in [-0.39, 0.29) is 12.4 Å². The number of benzene rings is 1. The van der Waals surface area contributed by atoms with Crippen molar-refractivity contribution in [2.75, 3.05) is 6.61 Å². The third-order valence-electron chi connectivity index (χ3n) is 2.97. The molecule has 0 saturated heterocycles. The molecule has 0 amide bonds. The normalized spacial score (nSPS) is 12.1. The quantitative estimate of drug-likeness (QED) is 0.407. The summed E-state index contributed by atoms with van der Waals surface area (Å²) in [5.41, 5.74) is 5.99. The zero-order valence-electron chi connectivity index (χ0n) is 11.5. The summed E-state index contributed by atoms with van der Waals surface area (Å²) in [6.45, 7) is 2.23. The van der Waals surface area contributed by atoms with Gasteiger partial charge in [0.15, 0.2) is 0 Å². The lowest BCUT2D eigenvalue weighted by atomic mass is 10.1. The van der Waals surface area contributed by atoms with Gasteiger partial charge in [0, 0.05) is 5.56 Å². The van der Waals surface area contributed by atoms with E-state index in [0.29, 0.717) is 17.7 Å². The van der Waals surface area contributed by atoms with E-state index in [1.165, 1.54) is 6.42 Å². The third kappa shape index (κ3) is 6.22. The molecule has 0 unspecified atom stereocenters. The minimum atomic E-state index is -0.913. The molecule has 0 spiro atoms. The number of nitrogen functional groups attached to an aromatic ring is 1. The summed E-state index contributed by atoms with van der Waals surface area (Å²) >= 11 is 0. The summed E-state index contributed by atoms with van der Waals surface area (Å²) in [5.74, 6) is 0.632. The maximum absolute atomic E-state index is 13.5. The summed E-state index contributed by atoms with van der Waals surface area (Å²) < 4.78 is 18.9. The van der Waals surface area contributed by atoms with Gasteiger partial charge < -0.3 is 10.5 Å². The lowest BCUT2D eigenvalue weighted by molar-refractivity contribution is 0.184. The molecule has 106 valence electrons. The Balaban J connectivity index is 2.25. The molecule has 0 fully saturated rings. The zero-order valence-corrected chi connectivity index (χ0v) is 11.5. The molecular formula is C15H23FN2O. The molecule has 0 bridgehead atoms. The summed E-state index contributed by atoms with van der Waals surface area (Å²) in [5, 5.41) is 7.26. The van der Waals surface area contributed by atoms with E-state index in [0.717, 1.165) is 19.3 Å². The van der Waals surface area contributed by atoms with Crippen LogP contribution in [0, 0.1) is 5.41 Å². The fourth-order valence-electron chi connectivity index (χ4n) is 1.79. The Morgan fingerprint density at radius 3 is 2.53 bits per heavy atom. The number of nitrogens with two attached hydrogens (primary N) is 1. The Kier molecular flexibility index (Phi) is 6.93. The minimum absolute atomic E-state index is 0.0193. The van der Waals surface area contributed by atoms with Gasteiger partial charge in [-0.1, -0.05) is 32.6 Å². The molecule has 0 radical (unpaired) electrons. The van der Waals surface area contributed by atoms with Crippen LogP contribution >= 0.6 is 0 Å². The Morgan fingerprint density at radius 1 is 1.26 bits per heavy atom. The van der Waals surface area contributed by atoms with Crippen LogP contribution in [0.1, 0.15) is 44.6 Å². The van der Waals surface area contributed by atoms with Gasteiger partial charge in [-0.25, -0.2) is 4.39 Å². The highest BCUT2D eigenvalue weighted by molar-refractivity contribution is 5.94. The van der Waals surface area contributed by atoms with Gasteiger partial charge in [-0.05, 0) is 30.7 Å². The van der Waals surface area contributed by atoms with Crippen LogP contribution in [-0.2, 0) is 0 Å². The molecule has 19 heavy (non-hydrogen) atoms. The Bertz CT molecular complexity index is 378. The van der Waals surface area contributed by atoms with Crippen LogP contribution in [0.5, 0.6) is 5.75 Å². The van der Waals surface area contributed by atoms with E-state index in [1.54, 1.807) is 24.3 Å². The highest BCUT2D eigenvalue weighted by Crippen LogP contribution is 2.14. The fraction of sp³-hybridized carbons (Fsp3) is 0.533. The smallest absolute Gasteiger partial charge is 0.134 e. The van der Waals surface area contributed by atoms with Crippen molar-refractivity contribution >= 4 is 5.84 Å². The van der Waals surface area contributed by atoms with Gasteiger partial charge in [0.2, 0.25) is 0 Å². The van der Waals surface area contributed by atoms with Crippen molar-refractivity contribution in [3.8, 4) is 5.75 Å². The van der Waals surface area contributed by atoms with Crippen molar-refractivity contribution in [3.05, 3.63) is 29.8 Å². The van der Waals surface area contributed by atoms with E-state index < -0.39 is 6.17 Å². The lowest BCUT2D eigenvalue weighted by Crippen LogP contribution is -2.13. The van der Waals surface area contributed by atoms with Crippen LogP contribution in [0.2, 0.25) is 0 Å². The van der Waals surface area contributed by atoms with Crippen molar-refractivity contribution in [3.63, 3.8) is 0 Å². The molecule has 3 nitrogen and oxygen atoms in total. The Labute approximate surface area is 114 Å². The number of nitrogens with one attached hydrogen (secondary N) is 1. The Hall–Kier alpha value is -1.58. The predicted molar refractivity (Wildman–Crippen MR) is 76.6 cm³/mol. The largest absolute Gasteiger partial charge is 0.491 e. The number of alkyl halides is 1. The average Bonchev–Trinajstić information content (AvgIpc) is 2.42. The standard InChI is InChI=1S/C15H23FN2O/c1-2-3-4-5-6-13(16)11-19-14-9-7-12(8-10-14)15(17)18/h7-10,13H,2-6,11H2,1H3,(H3,17,18)/t13-/m0/s1. The van der Waals surface area contributed by atoms with Gasteiger partial charge in [-0.3, -0.25) is 5.41 Å². The van der Waals surface area contributed by atoms with Crippen LogP contribution in [-0.4, -0.2) is 18.6 Å². The van der Waals surface area contributed by atoms with Crippen LogP contribution in [0.3, 0.4) is 0 Å². The number of amidine groups is 1. The molecule has 1 aromatic carbocycles. The zero-order chi connectivity index (χ0) is 14.1. The monoisotopic (exact) mass is 266 g/mol. The van der Waals surface area contributed by atoms with E-state index in [4.69, 9.17) is 15.9 Å². The first-order chi connectivity index (χ1) is 9.13. The molecule has 0 aromatic heterocycles. The Morgan fingerprint density at radius 2 is 1.95 bits per heavy atom. The molecule has 1 aromatic rings. The summed E-state index contributed by atoms with van der Waals surface area (Å²) in [4.78, 5) is 0. The first-order valence-corrected chi connectivity index (χ1v) is 6.84. The number of rotatable bonds is 9. The van der Waals surface area contributed by atoms with Gasteiger partial charge in [0.1, 0.15) is 24.4 Å². The number of hydrogen-bond donors (Lipinski definition) is 2. The molecule has 1 rings (SSSR count). The van der Waals surface area contributed by atoms with Gasteiger partial charge in [-0.15, -0.1) is 0 Å². The molecule has 0 saturated carbocycles. The predicted octanol–water partition coefficient (Wildman–Crippen LogP) is 3.66. The fourth-order valence-corrected chi connectivity index (χ4v) is 1.79. The van der Waals surface area contributed by atoms with Gasteiger partial charge in [0.05, 0.1) is 0 Å². The number of unbranched alkanes of at least 4 members (excludes halogenated alkanes) is 3. The molecule has 3 N–H and O–H groups in total. The van der Waals surface area contributed by atoms with E-state index in [9.17, 15) is 4.39 Å². The van der Waals surface area contributed by atoms with E-state index in [1.807, 2.05) is 0 Å². The second kappa shape index (κ2) is 8.51. The van der Waals surface area contributed by atoms with Crippen molar-refractivity contribution in [2.45, 2.75) is 45.2 Å². The maximum atomic E-state index is 13.5. The van der Waals surface area contributed by atoms with Gasteiger partial charge >= 0.3 is 0 Å². The van der Waals surface area contributed by atoms with Crippen molar-refractivity contribution in [2.24, 2.45) is 5.73 Å². The third-order valence-corrected chi connectivity index (χ3v) is 2.97. The molecular weight excluding hydrogens is 243 g/mol. The number of halogens is 1. The summed E-state index contributed by atoms with van der Waals surface area (Å²) in [6, 6.07) is 6.82. The van der Waals surface area contributed by atoms with Crippen molar-refractivity contribution in [1.82, 2.24) is 0 Å². The van der Waals surface area contributed by atoms with E-state index >= 15 is 0 Å². The highest BCUT2D eigenvalue weighted by atomic mass is 19.1. The second-order valence-electron chi connectivity index (χ2n) is 4.70. The SMILES string of the molecule is CCCCCC[C@H](F)COc1ccc(C(=N)N)cc1.